The average molecular weight is 442 g/mol. The fraction of sp³-hybridized carbons (Fsp3) is 0.520. The van der Waals surface area contributed by atoms with Crippen molar-refractivity contribution in [2.45, 2.75) is 59.0 Å². The fourth-order valence-corrected chi connectivity index (χ4v) is 4.82. The summed E-state index contributed by atoms with van der Waals surface area (Å²) < 4.78 is 0. The molecular formula is C25H35N3O2S. The van der Waals surface area contributed by atoms with Crippen LogP contribution in [0, 0.1) is 11.8 Å². The van der Waals surface area contributed by atoms with Crippen LogP contribution in [0.25, 0.3) is 0 Å². The van der Waals surface area contributed by atoms with E-state index in [2.05, 4.69) is 31.0 Å². The Morgan fingerprint density at radius 3 is 2.42 bits per heavy atom. The van der Waals surface area contributed by atoms with Gasteiger partial charge < -0.3 is 15.1 Å². The number of hydrogen-bond acceptors (Lipinski definition) is 4. The molecule has 5 nitrogen and oxygen atoms in total. The van der Waals surface area contributed by atoms with Crippen LogP contribution in [0.1, 0.15) is 61.7 Å². The number of amides is 2. The molecule has 1 aromatic carbocycles. The maximum absolute atomic E-state index is 13.3. The van der Waals surface area contributed by atoms with Crippen LogP contribution in [0.3, 0.4) is 0 Å². The van der Waals surface area contributed by atoms with Gasteiger partial charge in [0, 0.05) is 44.0 Å². The van der Waals surface area contributed by atoms with Crippen LogP contribution in [0.2, 0.25) is 0 Å². The molecule has 0 unspecified atom stereocenters. The Morgan fingerprint density at radius 1 is 1.13 bits per heavy atom. The highest BCUT2D eigenvalue weighted by atomic mass is 32.1. The number of anilines is 2. The van der Waals surface area contributed by atoms with Crippen molar-refractivity contribution in [3.05, 3.63) is 46.2 Å². The molecule has 0 radical (unpaired) electrons. The fourth-order valence-electron chi connectivity index (χ4n) is 4.14. The number of nitrogens with zero attached hydrogens (tertiary/aromatic N) is 2. The lowest BCUT2D eigenvalue weighted by Crippen LogP contribution is -2.41. The van der Waals surface area contributed by atoms with Crippen LogP contribution in [0.4, 0.5) is 11.4 Å². The van der Waals surface area contributed by atoms with Gasteiger partial charge in [-0.3, -0.25) is 9.59 Å². The number of nitrogens with one attached hydrogen (secondary N) is 1. The summed E-state index contributed by atoms with van der Waals surface area (Å²) in [4.78, 5) is 30.7. The number of benzene rings is 1. The van der Waals surface area contributed by atoms with E-state index in [0.29, 0.717) is 12.5 Å². The molecular weight excluding hydrogens is 406 g/mol. The smallest absolute Gasteiger partial charge is 0.264 e. The Hall–Kier alpha value is -2.34. The molecule has 0 bridgehead atoms. The van der Waals surface area contributed by atoms with Crippen LogP contribution < -0.4 is 10.2 Å². The third-order valence-electron chi connectivity index (χ3n) is 6.34. The molecule has 1 fully saturated rings. The standard InChI is InChI=1S/C25H35N3O2S/c1-17(2)18(3)28(25(30)23-11-8-14-31-23)16-20-15-21(12-13-22(20)27(4)5)26-24(29)19-9-6-7-10-19/h8,11-15,17-19H,6-7,9-10,16H2,1-5H3,(H,26,29)/t18-/m1/s1. The SMILES string of the molecule is CC(C)[C@@H](C)N(Cc1cc(NC(=O)C2CCCC2)ccc1N(C)C)C(=O)c1cccs1. The lowest BCUT2D eigenvalue weighted by atomic mass is 10.0. The van der Waals surface area contributed by atoms with E-state index in [1.807, 2.05) is 54.7 Å². The summed E-state index contributed by atoms with van der Waals surface area (Å²) in [7, 11) is 4.01. The van der Waals surface area contributed by atoms with E-state index in [9.17, 15) is 9.59 Å². The Balaban J connectivity index is 1.89. The number of thiophene rings is 1. The lowest BCUT2D eigenvalue weighted by molar-refractivity contribution is -0.119. The Morgan fingerprint density at radius 2 is 1.84 bits per heavy atom. The summed E-state index contributed by atoms with van der Waals surface area (Å²) in [6.45, 7) is 6.89. The molecule has 2 aromatic rings. The molecule has 31 heavy (non-hydrogen) atoms. The molecule has 1 saturated carbocycles. The first-order valence-corrected chi connectivity index (χ1v) is 12.1. The first-order valence-electron chi connectivity index (χ1n) is 11.2. The monoisotopic (exact) mass is 441 g/mol. The Labute approximate surface area is 190 Å². The molecule has 1 aliphatic rings. The molecule has 1 heterocycles. The van der Waals surface area contributed by atoms with Crippen molar-refractivity contribution >= 4 is 34.5 Å². The largest absolute Gasteiger partial charge is 0.377 e. The third-order valence-corrected chi connectivity index (χ3v) is 7.20. The van der Waals surface area contributed by atoms with Gasteiger partial charge in [0.25, 0.3) is 5.91 Å². The minimum absolute atomic E-state index is 0.0568. The van der Waals surface area contributed by atoms with Gasteiger partial charge in [-0.15, -0.1) is 11.3 Å². The van der Waals surface area contributed by atoms with Crippen molar-refractivity contribution < 1.29 is 9.59 Å². The van der Waals surface area contributed by atoms with Gasteiger partial charge in [-0.05, 0) is 60.9 Å². The predicted molar refractivity (Wildman–Crippen MR) is 130 cm³/mol. The molecule has 3 rings (SSSR count). The first-order chi connectivity index (χ1) is 14.8. The van der Waals surface area contributed by atoms with E-state index >= 15 is 0 Å². The van der Waals surface area contributed by atoms with Crippen LogP contribution in [-0.4, -0.2) is 36.9 Å². The Bertz CT molecular complexity index is 886. The minimum Gasteiger partial charge on any atom is -0.377 e. The van der Waals surface area contributed by atoms with Crippen LogP contribution in [0.15, 0.2) is 35.7 Å². The summed E-state index contributed by atoms with van der Waals surface area (Å²) >= 11 is 1.48. The zero-order valence-corrected chi connectivity index (χ0v) is 20.2. The van der Waals surface area contributed by atoms with Gasteiger partial charge >= 0.3 is 0 Å². The quantitative estimate of drug-likeness (QED) is 0.578. The van der Waals surface area contributed by atoms with Gasteiger partial charge in [-0.25, -0.2) is 0 Å². The summed E-state index contributed by atoms with van der Waals surface area (Å²) in [5.41, 5.74) is 2.89. The molecule has 1 aromatic heterocycles. The molecule has 0 aliphatic heterocycles. The second-order valence-corrected chi connectivity index (χ2v) is 10.1. The van der Waals surface area contributed by atoms with Crippen LogP contribution in [0.5, 0.6) is 0 Å². The van der Waals surface area contributed by atoms with Crippen molar-refractivity contribution in [2.75, 3.05) is 24.3 Å². The van der Waals surface area contributed by atoms with Crippen LogP contribution in [-0.2, 0) is 11.3 Å². The molecule has 6 heteroatoms. The van der Waals surface area contributed by atoms with E-state index in [4.69, 9.17) is 0 Å². The summed E-state index contributed by atoms with van der Waals surface area (Å²) in [5, 5.41) is 5.05. The molecule has 1 aliphatic carbocycles. The highest BCUT2D eigenvalue weighted by Crippen LogP contribution is 2.30. The third kappa shape index (κ3) is 5.67. The van der Waals surface area contributed by atoms with E-state index in [1.54, 1.807) is 0 Å². The molecule has 168 valence electrons. The normalized spacial score (nSPS) is 15.2. The van der Waals surface area contributed by atoms with Gasteiger partial charge in [0.1, 0.15) is 0 Å². The Kier molecular flexibility index (Phi) is 7.76. The minimum atomic E-state index is 0.0568. The lowest BCUT2D eigenvalue weighted by Gasteiger charge is -2.33. The predicted octanol–water partition coefficient (Wildman–Crippen LogP) is 5.63. The highest BCUT2D eigenvalue weighted by molar-refractivity contribution is 7.12. The maximum atomic E-state index is 13.3. The topological polar surface area (TPSA) is 52.7 Å². The van der Waals surface area contributed by atoms with Crippen molar-refractivity contribution in [3.63, 3.8) is 0 Å². The van der Waals surface area contributed by atoms with E-state index in [1.165, 1.54) is 11.3 Å². The second-order valence-electron chi connectivity index (χ2n) is 9.10. The highest BCUT2D eigenvalue weighted by Gasteiger charge is 2.26. The van der Waals surface area contributed by atoms with Crippen LogP contribution >= 0.6 is 11.3 Å². The summed E-state index contributed by atoms with van der Waals surface area (Å²) in [6.07, 6.45) is 4.22. The number of hydrogen-bond donors (Lipinski definition) is 1. The van der Waals surface area contributed by atoms with Gasteiger partial charge in [-0.1, -0.05) is 32.8 Å². The van der Waals surface area contributed by atoms with Crippen molar-refractivity contribution in [1.29, 1.82) is 0 Å². The molecule has 1 N–H and O–H groups in total. The summed E-state index contributed by atoms with van der Waals surface area (Å²) in [6, 6.07) is 9.92. The van der Waals surface area contributed by atoms with Crippen molar-refractivity contribution in [2.24, 2.45) is 11.8 Å². The summed E-state index contributed by atoms with van der Waals surface area (Å²) in [5.74, 6) is 0.622. The first kappa shape index (κ1) is 23.3. The van der Waals surface area contributed by atoms with E-state index < -0.39 is 0 Å². The van der Waals surface area contributed by atoms with Gasteiger partial charge in [-0.2, -0.15) is 0 Å². The number of carbonyl (C=O) groups is 2. The van der Waals surface area contributed by atoms with E-state index in [0.717, 1.165) is 47.5 Å². The number of rotatable bonds is 8. The van der Waals surface area contributed by atoms with Gasteiger partial charge in [0.2, 0.25) is 5.91 Å². The van der Waals surface area contributed by atoms with Gasteiger partial charge in [0.15, 0.2) is 0 Å². The molecule has 1 atom stereocenters. The zero-order valence-electron chi connectivity index (χ0n) is 19.4. The van der Waals surface area contributed by atoms with Crippen molar-refractivity contribution in [3.8, 4) is 0 Å². The zero-order chi connectivity index (χ0) is 22.5. The average Bonchev–Trinajstić information content (AvgIpc) is 3.45. The van der Waals surface area contributed by atoms with Gasteiger partial charge in [0.05, 0.1) is 4.88 Å². The molecule has 0 saturated heterocycles. The van der Waals surface area contributed by atoms with E-state index in [-0.39, 0.29) is 23.8 Å². The number of carbonyl (C=O) groups excluding carboxylic acids is 2. The maximum Gasteiger partial charge on any atom is 0.264 e. The molecule has 0 spiro atoms. The second kappa shape index (κ2) is 10.3. The molecule has 2 amide bonds. The van der Waals surface area contributed by atoms with Crippen molar-refractivity contribution in [1.82, 2.24) is 4.90 Å².